The van der Waals surface area contributed by atoms with E-state index in [1.807, 2.05) is 33.2 Å². The lowest BCUT2D eigenvalue weighted by Crippen LogP contribution is -2.17. The molecule has 6 nitrogen and oxygen atoms in total. The molecule has 0 aliphatic carbocycles. The van der Waals surface area contributed by atoms with Crippen LogP contribution in [-0.2, 0) is 0 Å². The third kappa shape index (κ3) is 2.40. The maximum atomic E-state index is 5.38. The topological polar surface area (TPSA) is 55.6 Å². The SMILES string of the molecule is COc1cc(C)c(-c2c(C)nc3ncnn3c2N(C)C)c(C)c1. The molecule has 3 rings (SSSR count). The third-order valence-corrected chi connectivity index (χ3v) is 4.00. The number of fused-ring (bicyclic) bond motifs is 1. The number of rotatable bonds is 3. The first-order valence-electron chi connectivity index (χ1n) is 7.47. The van der Waals surface area contributed by atoms with Crippen molar-refractivity contribution in [2.24, 2.45) is 0 Å². The largest absolute Gasteiger partial charge is 0.497 e. The minimum atomic E-state index is 0.610. The molecule has 0 atom stereocenters. The molecule has 0 bridgehead atoms. The van der Waals surface area contributed by atoms with E-state index in [2.05, 4.69) is 33.8 Å². The first-order valence-corrected chi connectivity index (χ1v) is 7.47. The second-order valence-electron chi connectivity index (χ2n) is 5.90. The van der Waals surface area contributed by atoms with Gasteiger partial charge in [-0.05, 0) is 49.6 Å². The van der Waals surface area contributed by atoms with Crippen LogP contribution >= 0.6 is 0 Å². The van der Waals surface area contributed by atoms with Crippen molar-refractivity contribution in [3.8, 4) is 16.9 Å². The van der Waals surface area contributed by atoms with Gasteiger partial charge in [0.25, 0.3) is 5.78 Å². The number of hydrogen-bond acceptors (Lipinski definition) is 5. The maximum absolute atomic E-state index is 5.38. The minimum Gasteiger partial charge on any atom is -0.497 e. The highest BCUT2D eigenvalue weighted by Gasteiger charge is 2.21. The molecule has 120 valence electrons. The van der Waals surface area contributed by atoms with Crippen molar-refractivity contribution in [2.45, 2.75) is 20.8 Å². The minimum absolute atomic E-state index is 0.610. The molecule has 0 amide bonds. The molecule has 0 radical (unpaired) electrons. The Kier molecular flexibility index (Phi) is 3.67. The molecule has 0 saturated carbocycles. The van der Waals surface area contributed by atoms with Gasteiger partial charge < -0.3 is 9.64 Å². The first-order chi connectivity index (χ1) is 10.9. The molecule has 23 heavy (non-hydrogen) atoms. The summed E-state index contributed by atoms with van der Waals surface area (Å²) in [6.07, 6.45) is 1.53. The quantitative estimate of drug-likeness (QED) is 0.744. The lowest BCUT2D eigenvalue weighted by molar-refractivity contribution is 0.414. The molecule has 0 aliphatic heterocycles. The summed E-state index contributed by atoms with van der Waals surface area (Å²) in [5.41, 5.74) is 5.47. The third-order valence-electron chi connectivity index (χ3n) is 4.00. The van der Waals surface area contributed by atoms with Gasteiger partial charge in [-0.25, -0.2) is 4.98 Å². The van der Waals surface area contributed by atoms with E-state index in [9.17, 15) is 0 Å². The van der Waals surface area contributed by atoms with Crippen molar-refractivity contribution in [3.05, 3.63) is 35.3 Å². The summed E-state index contributed by atoms with van der Waals surface area (Å²) in [5, 5.41) is 4.34. The van der Waals surface area contributed by atoms with E-state index in [4.69, 9.17) is 4.74 Å². The number of nitrogens with zero attached hydrogens (tertiary/aromatic N) is 5. The van der Waals surface area contributed by atoms with Gasteiger partial charge in [-0.1, -0.05) is 0 Å². The predicted octanol–water partition coefficient (Wildman–Crippen LogP) is 2.79. The fourth-order valence-corrected chi connectivity index (χ4v) is 3.08. The standard InChI is InChI=1S/C17H21N5O/c1-10-7-13(23-6)8-11(2)14(10)15-12(3)20-17-18-9-19-22(17)16(15)21(4)5/h7-9H,1-6H3. The molecular weight excluding hydrogens is 290 g/mol. The molecule has 1 aromatic carbocycles. The number of ether oxygens (including phenoxy) is 1. The molecule has 0 fully saturated rings. The van der Waals surface area contributed by atoms with Gasteiger partial charge in [0.2, 0.25) is 0 Å². The Hall–Kier alpha value is -2.63. The molecule has 3 aromatic rings. The summed E-state index contributed by atoms with van der Waals surface area (Å²) in [7, 11) is 5.70. The van der Waals surface area contributed by atoms with Crippen molar-refractivity contribution in [1.29, 1.82) is 0 Å². The van der Waals surface area contributed by atoms with Crippen LogP contribution in [0.5, 0.6) is 5.75 Å². The molecule has 6 heteroatoms. The van der Waals surface area contributed by atoms with Crippen LogP contribution in [0.4, 0.5) is 5.82 Å². The van der Waals surface area contributed by atoms with Crippen LogP contribution in [0.15, 0.2) is 18.5 Å². The van der Waals surface area contributed by atoms with Crippen LogP contribution in [0.1, 0.15) is 16.8 Å². The molecule has 0 unspecified atom stereocenters. The van der Waals surface area contributed by atoms with Gasteiger partial charge in [-0.15, -0.1) is 0 Å². The highest BCUT2D eigenvalue weighted by molar-refractivity contribution is 5.83. The molecule has 0 saturated heterocycles. The summed E-state index contributed by atoms with van der Waals surface area (Å²) in [6, 6.07) is 4.10. The fraction of sp³-hybridized carbons (Fsp3) is 0.353. The van der Waals surface area contributed by atoms with E-state index in [1.165, 1.54) is 6.33 Å². The molecule has 0 aliphatic rings. The highest BCUT2D eigenvalue weighted by Crippen LogP contribution is 2.38. The zero-order valence-corrected chi connectivity index (χ0v) is 14.4. The zero-order valence-electron chi connectivity index (χ0n) is 14.4. The Balaban J connectivity index is 2.41. The van der Waals surface area contributed by atoms with Gasteiger partial charge in [0.1, 0.15) is 17.9 Å². The summed E-state index contributed by atoms with van der Waals surface area (Å²) < 4.78 is 7.16. The van der Waals surface area contributed by atoms with Gasteiger partial charge in [0.05, 0.1) is 12.8 Å². The summed E-state index contributed by atoms with van der Waals surface area (Å²) in [4.78, 5) is 10.9. The van der Waals surface area contributed by atoms with Gasteiger partial charge in [-0.3, -0.25) is 0 Å². The van der Waals surface area contributed by atoms with Crippen LogP contribution in [0.3, 0.4) is 0 Å². The summed E-state index contributed by atoms with van der Waals surface area (Å²) in [5.74, 6) is 2.45. The maximum Gasteiger partial charge on any atom is 0.254 e. The molecule has 2 aromatic heterocycles. The molecule has 2 heterocycles. The van der Waals surface area contributed by atoms with Gasteiger partial charge >= 0.3 is 0 Å². The van der Waals surface area contributed by atoms with Gasteiger partial charge in [-0.2, -0.15) is 14.6 Å². The van der Waals surface area contributed by atoms with Gasteiger partial charge in [0, 0.05) is 19.7 Å². The monoisotopic (exact) mass is 311 g/mol. The van der Waals surface area contributed by atoms with Crippen LogP contribution in [0.25, 0.3) is 16.9 Å². The Bertz CT molecular complexity index is 859. The molecular formula is C17H21N5O. The Morgan fingerprint density at radius 2 is 1.70 bits per heavy atom. The average molecular weight is 311 g/mol. The van der Waals surface area contributed by atoms with Crippen molar-refractivity contribution in [2.75, 3.05) is 26.1 Å². The summed E-state index contributed by atoms with van der Waals surface area (Å²) >= 11 is 0. The van der Waals surface area contributed by atoms with E-state index in [-0.39, 0.29) is 0 Å². The van der Waals surface area contributed by atoms with Crippen LogP contribution in [0.2, 0.25) is 0 Å². The van der Waals surface area contributed by atoms with E-state index < -0.39 is 0 Å². The van der Waals surface area contributed by atoms with Crippen molar-refractivity contribution < 1.29 is 4.74 Å². The van der Waals surface area contributed by atoms with Crippen LogP contribution in [-0.4, -0.2) is 40.8 Å². The Labute approximate surface area is 135 Å². The van der Waals surface area contributed by atoms with E-state index in [0.29, 0.717) is 5.78 Å². The number of hydrogen-bond donors (Lipinski definition) is 0. The number of benzene rings is 1. The number of methoxy groups -OCH3 is 1. The van der Waals surface area contributed by atoms with Crippen LogP contribution in [0, 0.1) is 20.8 Å². The van der Waals surface area contributed by atoms with E-state index in [0.717, 1.165) is 39.5 Å². The first kappa shape index (κ1) is 15.3. The molecule has 0 spiro atoms. The second-order valence-corrected chi connectivity index (χ2v) is 5.90. The Morgan fingerprint density at radius 3 is 2.26 bits per heavy atom. The zero-order chi connectivity index (χ0) is 16.7. The normalized spacial score (nSPS) is 11.0. The molecule has 0 N–H and O–H groups in total. The Morgan fingerprint density at radius 1 is 1.04 bits per heavy atom. The van der Waals surface area contributed by atoms with Crippen molar-refractivity contribution >= 4 is 11.6 Å². The smallest absolute Gasteiger partial charge is 0.254 e. The number of aromatic nitrogens is 4. The fourth-order valence-electron chi connectivity index (χ4n) is 3.08. The predicted molar refractivity (Wildman–Crippen MR) is 91.3 cm³/mol. The number of anilines is 1. The second kappa shape index (κ2) is 5.53. The van der Waals surface area contributed by atoms with Crippen molar-refractivity contribution in [3.63, 3.8) is 0 Å². The van der Waals surface area contributed by atoms with E-state index in [1.54, 1.807) is 11.6 Å². The number of aryl methyl sites for hydroxylation is 3. The highest BCUT2D eigenvalue weighted by atomic mass is 16.5. The van der Waals surface area contributed by atoms with E-state index >= 15 is 0 Å². The lowest BCUT2D eigenvalue weighted by Gasteiger charge is -2.22. The summed E-state index contributed by atoms with van der Waals surface area (Å²) in [6.45, 7) is 6.20. The van der Waals surface area contributed by atoms with Gasteiger partial charge in [0.15, 0.2) is 0 Å². The van der Waals surface area contributed by atoms with Crippen molar-refractivity contribution in [1.82, 2.24) is 19.6 Å². The lowest BCUT2D eigenvalue weighted by atomic mass is 9.94. The van der Waals surface area contributed by atoms with Crippen LogP contribution < -0.4 is 9.64 Å². The average Bonchev–Trinajstić information content (AvgIpc) is 2.93.